The van der Waals surface area contributed by atoms with Crippen LogP contribution in [0.15, 0.2) is 48.7 Å². The van der Waals surface area contributed by atoms with Crippen molar-refractivity contribution in [1.82, 2.24) is 9.88 Å². The Kier molecular flexibility index (Phi) is 5.11. The Morgan fingerprint density at radius 2 is 2.08 bits per heavy atom. The van der Waals surface area contributed by atoms with Gasteiger partial charge in [0, 0.05) is 31.4 Å². The number of hydrogen-bond acceptors (Lipinski definition) is 4. The van der Waals surface area contributed by atoms with Crippen molar-refractivity contribution in [3.63, 3.8) is 0 Å². The molecule has 1 fully saturated rings. The second-order valence-corrected chi connectivity index (χ2v) is 6.32. The van der Waals surface area contributed by atoms with Gasteiger partial charge in [0.25, 0.3) is 5.91 Å². The molecule has 1 aromatic carbocycles. The molecule has 1 amide bonds. The first-order valence-electron chi connectivity index (χ1n) is 8.37. The highest BCUT2D eigenvalue weighted by Gasteiger charge is 2.29. The average molecular weight is 325 g/mol. The number of nitrogens with two attached hydrogens (primary N) is 1. The van der Waals surface area contributed by atoms with Crippen LogP contribution in [-0.2, 0) is 0 Å². The van der Waals surface area contributed by atoms with E-state index in [1.165, 1.54) is 0 Å². The second kappa shape index (κ2) is 7.45. The Bertz CT molecular complexity index is 673. The number of amides is 1. The number of piperidine rings is 1. The van der Waals surface area contributed by atoms with Crippen LogP contribution in [-0.4, -0.2) is 34.9 Å². The number of likely N-dealkylation sites (tertiary alicyclic amines) is 1. The van der Waals surface area contributed by atoms with E-state index >= 15 is 0 Å². The van der Waals surface area contributed by atoms with E-state index in [1.807, 2.05) is 35.2 Å². The molecule has 0 aliphatic carbocycles. The molecule has 3 rings (SSSR count). The molecule has 126 valence electrons. The number of ether oxygens (including phenoxy) is 1. The van der Waals surface area contributed by atoms with E-state index in [9.17, 15) is 4.79 Å². The van der Waals surface area contributed by atoms with Gasteiger partial charge in [-0.1, -0.05) is 25.1 Å². The zero-order valence-electron chi connectivity index (χ0n) is 13.9. The van der Waals surface area contributed by atoms with Gasteiger partial charge in [0.05, 0.1) is 5.56 Å². The minimum absolute atomic E-state index is 0.00360. The highest BCUT2D eigenvalue weighted by atomic mass is 16.5. The molecule has 2 unspecified atom stereocenters. The molecule has 24 heavy (non-hydrogen) atoms. The number of carbonyl (C=O) groups excluding carboxylic acids is 1. The number of benzene rings is 1. The van der Waals surface area contributed by atoms with Gasteiger partial charge >= 0.3 is 0 Å². The molecule has 1 aromatic heterocycles. The van der Waals surface area contributed by atoms with E-state index in [2.05, 4.69) is 11.9 Å². The number of carbonyl (C=O) groups is 1. The van der Waals surface area contributed by atoms with E-state index in [-0.39, 0.29) is 11.9 Å². The fraction of sp³-hybridized carbons (Fsp3) is 0.368. The highest BCUT2D eigenvalue weighted by Crippen LogP contribution is 2.24. The largest absolute Gasteiger partial charge is 0.439 e. The van der Waals surface area contributed by atoms with Crippen LogP contribution in [0.3, 0.4) is 0 Å². The first-order chi connectivity index (χ1) is 11.7. The van der Waals surface area contributed by atoms with Crippen LogP contribution in [0.25, 0.3) is 0 Å². The number of nitrogens with zero attached hydrogens (tertiary/aromatic N) is 2. The average Bonchev–Trinajstić information content (AvgIpc) is 2.62. The number of hydrogen-bond donors (Lipinski definition) is 1. The minimum atomic E-state index is -0.00360. The lowest BCUT2D eigenvalue weighted by atomic mass is 9.92. The van der Waals surface area contributed by atoms with E-state index in [0.29, 0.717) is 23.9 Å². The number of para-hydroxylation sites is 1. The maximum Gasteiger partial charge on any atom is 0.255 e. The molecule has 0 saturated carbocycles. The fourth-order valence-corrected chi connectivity index (χ4v) is 3.08. The summed E-state index contributed by atoms with van der Waals surface area (Å²) in [6.07, 6.45) is 3.56. The molecule has 1 saturated heterocycles. The van der Waals surface area contributed by atoms with Gasteiger partial charge in [-0.05, 0) is 37.0 Å². The van der Waals surface area contributed by atoms with Gasteiger partial charge in [-0.15, -0.1) is 0 Å². The molecular formula is C19H23N3O2. The Hall–Kier alpha value is -2.40. The van der Waals surface area contributed by atoms with E-state index in [0.717, 1.165) is 25.1 Å². The van der Waals surface area contributed by atoms with E-state index in [1.54, 1.807) is 18.3 Å². The van der Waals surface area contributed by atoms with Crippen LogP contribution >= 0.6 is 0 Å². The van der Waals surface area contributed by atoms with Crippen molar-refractivity contribution in [3.8, 4) is 11.6 Å². The standard InChI is InChI=1S/C19H23N3O2/c1-14-9-10-22(16(11-14)12-20)19(23)15-7-8-18(21-13-15)24-17-5-3-2-4-6-17/h2-8,13-14,16H,9-12,20H2,1H3. The summed E-state index contributed by atoms with van der Waals surface area (Å²) < 4.78 is 5.66. The lowest BCUT2D eigenvalue weighted by Crippen LogP contribution is -2.49. The van der Waals surface area contributed by atoms with Crippen LogP contribution in [0.4, 0.5) is 0 Å². The molecule has 2 N–H and O–H groups in total. The Morgan fingerprint density at radius 3 is 2.75 bits per heavy atom. The zero-order valence-corrected chi connectivity index (χ0v) is 13.9. The molecule has 0 bridgehead atoms. The highest BCUT2D eigenvalue weighted by molar-refractivity contribution is 5.94. The van der Waals surface area contributed by atoms with Crippen molar-refractivity contribution in [1.29, 1.82) is 0 Å². The summed E-state index contributed by atoms with van der Waals surface area (Å²) in [4.78, 5) is 18.9. The normalized spacial score (nSPS) is 20.7. The summed E-state index contributed by atoms with van der Waals surface area (Å²) in [6, 6.07) is 13.1. The molecule has 1 aliphatic heterocycles. The van der Waals surface area contributed by atoms with Crippen LogP contribution in [0.5, 0.6) is 11.6 Å². The lowest BCUT2D eigenvalue weighted by Gasteiger charge is -2.38. The molecular weight excluding hydrogens is 302 g/mol. The number of aromatic nitrogens is 1. The first-order valence-corrected chi connectivity index (χ1v) is 8.37. The zero-order chi connectivity index (χ0) is 16.9. The van der Waals surface area contributed by atoms with Crippen molar-refractivity contribution in [2.75, 3.05) is 13.1 Å². The molecule has 2 atom stereocenters. The fourth-order valence-electron chi connectivity index (χ4n) is 3.08. The van der Waals surface area contributed by atoms with Crippen LogP contribution in [0.2, 0.25) is 0 Å². The van der Waals surface area contributed by atoms with E-state index < -0.39 is 0 Å². The van der Waals surface area contributed by atoms with Crippen molar-refractivity contribution in [2.24, 2.45) is 11.7 Å². The molecule has 1 aliphatic rings. The monoisotopic (exact) mass is 325 g/mol. The molecule has 2 aromatic rings. The third kappa shape index (κ3) is 3.74. The third-order valence-electron chi connectivity index (χ3n) is 4.46. The van der Waals surface area contributed by atoms with Gasteiger partial charge in [-0.25, -0.2) is 4.98 Å². The van der Waals surface area contributed by atoms with Gasteiger partial charge in [-0.3, -0.25) is 4.79 Å². The number of rotatable bonds is 4. The quantitative estimate of drug-likeness (QED) is 0.938. The molecule has 0 spiro atoms. The number of pyridine rings is 1. The third-order valence-corrected chi connectivity index (χ3v) is 4.46. The predicted octanol–water partition coefficient (Wildman–Crippen LogP) is 3.07. The van der Waals surface area contributed by atoms with Crippen molar-refractivity contribution < 1.29 is 9.53 Å². The van der Waals surface area contributed by atoms with Crippen molar-refractivity contribution >= 4 is 5.91 Å². The minimum Gasteiger partial charge on any atom is -0.439 e. The summed E-state index contributed by atoms with van der Waals surface area (Å²) >= 11 is 0. The molecule has 5 nitrogen and oxygen atoms in total. The van der Waals surface area contributed by atoms with Crippen molar-refractivity contribution in [2.45, 2.75) is 25.8 Å². The van der Waals surface area contributed by atoms with Crippen LogP contribution < -0.4 is 10.5 Å². The Balaban J connectivity index is 1.69. The molecule has 5 heteroatoms. The molecule has 2 heterocycles. The van der Waals surface area contributed by atoms with Gasteiger partial charge in [0.1, 0.15) is 5.75 Å². The topological polar surface area (TPSA) is 68.5 Å². The van der Waals surface area contributed by atoms with Gasteiger partial charge in [0.2, 0.25) is 5.88 Å². The second-order valence-electron chi connectivity index (χ2n) is 6.32. The summed E-state index contributed by atoms with van der Waals surface area (Å²) in [7, 11) is 0. The van der Waals surface area contributed by atoms with Crippen molar-refractivity contribution in [3.05, 3.63) is 54.2 Å². The van der Waals surface area contributed by atoms with Gasteiger partial charge < -0.3 is 15.4 Å². The van der Waals surface area contributed by atoms with Crippen LogP contribution in [0.1, 0.15) is 30.1 Å². The van der Waals surface area contributed by atoms with Crippen LogP contribution in [0, 0.1) is 5.92 Å². The Labute approximate surface area is 142 Å². The van der Waals surface area contributed by atoms with Gasteiger partial charge in [0.15, 0.2) is 0 Å². The van der Waals surface area contributed by atoms with Gasteiger partial charge in [-0.2, -0.15) is 0 Å². The maximum absolute atomic E-state index is 12.7. The maximum atomic E-state index is 12.7. The summed E-state index contributed by atoms with van der Waals surface area (Å²) in [5.41, 5.74) is 6.42. The predicted molar refractivity (Wildman–Crippen MR) is 93.0 cm³/mol. The smallest absolute Gasteiger partial charge is 0.255 e. The lowest BCUT2D eigenvalue weighted by molar-refractivity contribution is 0.0573. The summed E-state index contributed by atoms with van der Waals surface area (Å²) in [6.45, 7) is 3.46. The Morgan fingerprint density at radius 1 is 1.29 bits per heavy atom. The molecule has 0 radical (unpaired) electrons. The summed E-state index contributed by atoms with van der Waals surface area (Å²) in [5, 5.41) is 0. The first kappa shape index (κ1) is 16.5. The van der Waals surface area contributed by atoms with E-state index in [4.69, 9.17) is 10.5 Å². The SMILES string of the molecule is CC1CCN(C(=O)c2ccc(Oc3ccccc3)nc2)C(CN)C1. The summed E-state index contributed by atoms with van der Waals surface area (Å²) in [5.74, 6) is 1.80.